The normalized spacial score (nSPS) is 6.45. The Morgan fingerprint density at radius 1 is 0.727 bits per heavy atom. The Balaban J connectivity index is -0.0000000350. The molecule has 5 heteroatoms. The molecular weight excluding hydrogens is 183 g/mol. The molecule has 0 rings (SSSR count). The molecule has 0 radical (unpaired) electrons. The molecule has 0 aromatic carbocycles. The lowest BCUT2D eigenvalue weighted by Gasteiger charge is -1.88. The predicted molar refractivity (Wildman–Crippen MR) is 54.7 cm³/mol. The molecule has 11 heavy (non-hydrogen) atoms. The second-order valence-electron chi connectivity index (χ2n) is 0.513. The van der Waals surface area contributed by atoms with Gasteiger partial charge in [0.25, 0.3) is 0 Å². The third-order valence-corrected chi connectivity index (χ3v) is 0. The van der Waals surface area contributed by atoms with Gasteiger partial charge in [0.15, 0.2) is 0 Å². The van der Waals surface area contributed by atoms with Gasteiger partial charge in [0, 0.05) is 0 Å². The van der Waals surface area contributed by atoms with E-state index in [2.05, 4.69) is 51.3 Å². The Bertz CT molecular complexity index is 89.0. The molecule has 3 nitrogen and oxygen atoms in total. The second kappa shape index (κ2) is 22.6. The lowest BCUT2D eigenvalue weighted by Crippen LogP contribution is -1.65. The summed E-state index contributed by atoms with van der Waals surface area (Å²) < 4.78 is 0. The van der Waals surface area contributed by atoms with Crippen molar-refractivity contribution in [1.82, 2.24) is 0 Å². The van der Waals surface area contributed by atoms with Gasteiger partial charge >= 0.3 is 6.72 Å². The molecule has 0 aliphatic heterocycles. The molecule has 3 N–H and O–H groups in total. The molecule has 0 aromatic rings. The van der Waals surface area contributed by atoms with Crippen LogP contribution < -0.4 is 0 Å². The predicted octanol–water partition coefficient (Wildman–Crippen LogP) is 1.59. The van der Waals surface area contributed by atoms with Crippen LogP contribution in [0.1, 0.15) is 0 Å². The lowest BCUT2D eigenvalue weighted by molar-refractivity contribution is 0.363. The summed E-state index contributed by atoms with van der Waals surface area (Å²) in [5.74, 6) is 0. The zero-order chi connectivity index (χ0) is 10.5. The first-order valence-electron chi connectivity index (χ1n) is 2.28. The second-order valence-corrected chi connectivity index (χ2v) is 3.01. The van der Waals surface area contributed by atoms with Crippen LogP contribution in [-0.4, -0.2) is 14.7 Å². The molecule has 0 spiro atoms. The summed E-state index contributed by atoms with van der Waals surface area (Å²) in [6, 6.07) is 0. The molecule has 0 amide bonds. The van der Waals surface area contributed by atoms with Crippen LogP contribution in [-0.2, 0) is 11.8 Å². The van der Waals surface area contributed by atoms with Gasteiger partial charge in [-0.3, -0.25) is 0 Å². The van der Waals surface area contributed by atoms with Gasteiger partial charge in [-0.25, -0.2) is 0 Å². The fourth-order valence-corrected chi connectivity index (χ4v) is 0. The van der Waals surface area contributed by atoms with E-state index in [0.29, 0.717) is 0 Å². The van der Waals surface area contributed by atoms with Crippen molar-refractivity contribution in [2.45, 2.75) is 0 Å². The zero-order valence-electron chi connectivity index (χ0n) is 6.44. The molecule has 0 unspecified atom stereocenters. The molecule has 0 aromatic heterocycles. The van der Waals surface area contributed by atoms with E-state index in [4.69, 9.17) is 14.7 Å². The minimum Gasteiger partial charge on any atom is -0.325 e. The van der Waals surface area contributed by atoms with Crippen LogP contribution in [0.3, 0.4) is 0 Å². The third-order valence-electron chi connectivity index (χ3n) is 0. The maximum Gasteiger partial charge on any atom is 0.319 e. The monoisotopic (exact) mass is 198 g/mol. The number of rotatable bonds is 0. The van der Waals surface area contributed by atoms with Crippen molar-refractivity contribution < 1.29 is 14.7 Å². The summed E-state index contributed by atoms with van der Waals surface area (Å²) in [6.07, 6.45) is 0. The summed E-state index contributed by atoms with van der Waals surface area (Å²) >= 11 is 3.60. The van der Waals surface area contributed by atoms with Crippen molar-refractivity contribution in [2.75, 3.05) is 0 Å². The highest BCUT2D eigenvalue weighted by Crippen LogP contribution is 2.26. The number of hydrogen-bond donors (Lipinski definition) is 3. The van der Waals surface area contributed by atoms with Crippen molar-refractivity contribution in [3.05, 3.63) is 39.5 Å². The van der Waals surface area contributed by atoms with Gasteiger partial charge in [-0.05, 0) is 11.8 Å². The van der Waals surface area contributed by atoms with Gasteiger partial charge < -0.3 is 14.7 Å². The van der Waals surface area contributed by atoms with Crippen LogP contribution in [0.4, 0.5) is 0 Å². The van der Waals surface area contributed by atoms with E-state index in [-0.39, 0.29) is 0 Å². The third kappa shape index (κ3) is 9370. The van der Waals surface area contributed by atoms with Crippen LogP contribution >= 0.6 is 6.72 Å². The van der Waals surface area contributed by atoms with E-state index in [1.807, 2.05) is 0 Å². The largest absolute Gasteiger partial charge is 0.325 e. The highest BCUT2D eigenvalue weighted by atomic mass is 32.5. The van der Waals surface area contributed by atoms with Gasteiger partial charge in [-0.1, -0.05) is 0 Å². The first-order valence-corrected chi connectivity index (χ1v) is 4.94. The molecule has 68 valence electrons. The Morgan fingerprint density at radius 3 is 0.727 bits per heavy atom. The fraction of sp³-hybridized carbons (Fsp3) is 0. The minimum atomic E-state index is -3.81. The molecule has 0 aliphatic carbocycles. The van der Waals surface area contributed by atoms with E-state index in [0.717, 1.165) is 0 Å². The average Bonchev–Trinajstić information content (AvgIpc) is 1.96. The van der Waals surface area contributed by atoms with Crippen molar-refractivity contribution in [2.24, 2.45) is 0 Å². The maximum absolute atomic E-state index is 7.56. The first kappa shape index (κ1) is 22.4. The van der Waals surface area contributed by atoms with Crippen molar-refractivity contribution >= 4 is 18.5 Å². The molecule has 0 saturated heterocycles. The highest BCUT2D eigenvalue weighted by molar-refractivity contribution is 8.06. The Hall–Kier alpha value is -0.250. The SMILES string of the molecule is C=C.C=C.C=C.OP(O)(O)=S. The standard InChI is InChI=1S/3C2H4.H3O3PS/c3*1-2;1-4(2,3)5/h3*1-2H2;(H3,1,2,3,5). The molecular formula is C6H15O3PS. The fourth-order valence-electron chi connectivity index (χ4n) is 0. The van der Waals surface area contributed by atoms with Gasteiger partial charge in [0.05, 0.1) is 0 Å². The first-order chi connectivity index (χ1) is 5.00. The average molecular weight is 198 g/mol. The summed E-state index contributed by atoms with van der Waals surface area (Å²) in [5.41, 5.74) is 0. The van der Waals surface area contributed by atoms with E-state index in [1.54, 1.807) is 0 Å². The number of hydrogen-bond acceptors (Lipinski definition) is 1. The highest BCUT2D eigenvalue weighted by Gasteiger charge is 1.92. The molecule has 0 bridgehead atoms. The molecule has 0 heterocycles. The topological polar surface area (TPSA) is 60.7 Å². The van der Waals surface area contributed by atoms with Gasteiger partial charge in [-0.15, -0.1) is 39.5 Å². The summed E-state index contributed by atoms with van der Waals surface area (Å²) in [6.45, 7) is 14.2. The van der Waals surface area contributed by atoms with Gasteiger partial charge in [0.1, 0.15) is 0 Å². The van der Waals surface area contributed by atoms with Crippen molar-refractivity contribution in [3.63, 3.8) is 0 Å². The van der Waals surface area contributed by atoms with Crippen LogP contribution in [0, 0.1) is 0 Å². The smallest absolute Gasteiger partial charge is 0.319 e. The van der Waals surface area contributed by atoms with E-state index < -0.39 is 6.72 Å². The lowest BCUT2D eigenvalue weighted by atomic mass is 11.3. The van der Waals surface area contributed by atoms with Crippen LogP contribution in [0.25, 0.3) is 0 Å². The summed E-state index contributed by atoms with van der Waals surface area (Å²) in [4.78, 5) is 22.7. The van der Waals surface area contributed by atoms with E-state index in [1.165, 1.54) is 0 Å². The van der Waals surface area contributed by atoms with Crippen LogP contribution in [0.2, 0.25) is 0 Å². The van der Waals surface area contributed by atoms with Crippen LogP contribution in [0.5, 0.6) is 0 Å². The Kier molecular flexibility index (Phi) is 46.0. The van der Waals surface area contributed by atoms with Crippen LogP contribution in [0.15, 0.2) is 39.5 Å². The summed E-state index contributed by atoms with van der Waals surface area (Å²) in [7, 11) is 0. The van der Waals surface area contributed by atoms with Gasteiger partial charge in [0.2, 0.25) is 0 Å². The van der Waals surface area contributed by atoms with E-state index in [9.17, 15) is 0 Å². The molecule has 0 aliphatic rings. The van der Waals surface area contributed by atoms with E-state index >= 15 is 0 Å². The molecule has 0 saturated carbocycles. The quantitative estimate of drug-likeness (QED) is 0.408. The van der Waals surface area contributed by atoms with Crippen molar-refractivity contribution in [1.29, 1.82) is 0 Å². The summed E-state index contributed by atoms with van der Waals surface area (Å²) in [5, 5.41) is 0. The Labute approximate surface area is 73.3 Å². The zero-order valence-corrected chi connectivity index (χ0v) is 8.15. The molecule has 0 atom stereocenters. The van der Waals surface area contributed by atoms with Crippen molar-refractivity contribution in [3.8, 4) is 0 Å². The van der Waals surface area contributed by atoms with Gasteiger partial charge in [-0.2, -0.15) is 0 Å². The minimum absolute atomic E-state index is 3.00. The molecule has 0 fully saturated rings. The Morgan fingerprint density at radius 2 is 0.727 bits per heavy atom. The maximum atomic E-state index is 7.56.